The summed E-state index contributed by atoms with van der Waals surface area (Å²) in [6.45, 7) is 4.21. The maximum Gasteiger partial charge on any atom is 0.306 e. The first-order valence-corrected chi connectivity index (χ1v) is 7.96. The molecule has 1 saturated carbocycles. The highest BCUT2D eigenvalue weighted by Crippen LogP contribution is 2.35. The highest BCUT2D eigenvalue weighted by atomic mass is 16.4. The van der Waals surface area contributed by atoms with Gasteiger partial charge < -0.3 is 10.0 Å². The Kier molecular flexibility index (Phi) is 5.22. The zero-order valence-electron chi connectivity index (χ0n) is 13.5. The molecule has 1 aromatic carbocycles. The Labute approximate surface area is 132 Å². The number of carbonyl (C=O) groups is 2. The summed E-state index contributed by atoms with van der Waals surface area (Å²) in [5.74, 6) is -0.923. The van der Waals surface area contributed by atoms with Crippen molar-refractivity contribution in [2.75, 3.05) is 7.05 Å². The van der Waals surface area contributed by atoms with Gasteiger partial charge in [-0.1, -0.05) is 44.2 Å². The highest BCUT2D eigenvalue weighted by molar-refractivity contribution is 5.81. The maximum absolute atomic E-state index is 12.8. The summed E-state index contributed by atoms with van der Waals surface area (Å²) < 4.78 is 0. The lowest BCUT2D eigenvalue weighted by atomic mass is 9.93. The molecular formula is C18H25NO3. The number of carboxylic acid groups (broad SMARTS) is 1. The van der Waals surface area contributed by atoms with Crippen LogP contribution in [0.25, 0.3) is 0 Å². The molecule has 1 unspecified atom stereocenters. The van der Waals surface area contributed by atoms with Crippen molar-refractivity contribution in [2.24, 2.45) is 17.8 Å². The van der Waals surface area contributed by atoms with E-state index in [1.807, 2.05) is 42.3 Å². The van der Waals surface area contributed by atoms with Crippen LogP contribution in [0.1, 0.15) is 44.7 Å². The average Bonchev–Trinajstić information content (AvgIpc) is 2.97. The summed E-state index contributed by atoms with van der Waals surface area (Å²) in [4.78, 5) is 25.7. The number of amides is 1. The summed E-state index contributed by atoms with van der Waals surface area (Å²) >= 11 is 0. The molecule has 4 heteroatoms. The lowest BCUT2D eigenvalue weighted by molar-refractivity contribution is -0.142. The third-order valence-electron chi connectivity index (χ3n) is 4.67. The van der Waals surface area contributed by atoms with Crippen LogP contribution in [-0.4, -0.2) is 28.9 Å². The molecule has 3 atom stereocenters. The van der Waals surface area contributed by atoms with Gasteiger partial charge in [-0.05, 0) is 30.7 Å². The second-order valence-electron chi connectivity index (χ2n) is 6.59. The van der Waals surface area contributed by atoms with Crippen molar-refractivity contribution in [3.8, 4) is 0 Å². The van der Waals surface area contributed by atoms with Gasteiger partial charge in [0.05, 0.1) is 12.0 Å². The van der Waals surface area contributed by atoms with Crippen LogP contribution in [0.15, 0.2) is 30.3 Å². The van der Waals surface area contributed by atoms with E-state index in [0.717, 1.165) is 5.56 Å². The number of benzene rings is 1. The smallest absolute Gasteiger partial charge is 0.306 e. The first kappa shape index (κ1) is 16.5. The normalized spacial score (nSPS) is 22.5. The molecule has 4 nitrogen and oxygen atoms in total. The molecule has 0 aliphatic heterocycles. The fraction of sp³-hybridized carbons (Fsp3) is 0.556. The molecule has 1 aliphatic rings. The summed E-state index contributed by atoms with van der Waals surface area (Å²) in [6.07, 6.45) is 1.76. The van der Waals surface area contributed by atoms with Crippen molar-refractivity contribution in [1.29, 1.82) is 0 Å². The minimum atomic E-state index is -0.776. The Morgan fingerprint density at radius 3 is 2.23 bits per heavy atom. The monoisotopic (exact) mass is 303 g/mol. The third-order valence-corrected chi connectivity index (χ3v) is 4.67. The number of hydrogen-bond donors (Lipinski definition) is 1. The van der Waals surface area contributed by atoms with Crippen molar-refractivity contribution in [2.45, 2.75) is 39.2 Å². The van der Waals surface area contributed by atoms with E-state index in [2.05, 4.69) is 13.8 Å². The summed E-state index contributed by atoms with van der Waals surface area (Å²) in [5.41, 5.74) is 1.13. The summed E-state index contributed by atoms with van der Waals surface area (Å²) in [7, 11) is 1.84. The van der Waals surface area contributed by atoms with Crippen LogP contribution < -0.4 is 0 Å². The van der Waals surface area contributed by atoms with Crippen molar-refractivity contribution < 1.29 is 14.7 Å². The number of nitrogens with zero attached hydrogens (tertiary/aromatic N) is 1. The molecular weight excluding hydrogens is 278 g/mol. The maximum atomic E-state index is 12.8. The van der Waals surface area contributed by atoms with Gasteiger partial charge in [-0.25, -0.2) is 0 Å². The highest BCUT2D eigenvalue weighted by Gasteiger charge is 2.37. The fourth-order valence-electron chi connectivity index (χ4n) is 3.56. The van der Waals surface area contributed by atoms with E-state index in [9.17, 15) is 9.59 Å². The van der Waals surface area contributed by atoms with Crippen LogP contribution in [0.3, 0.4) is 0 Å². The Balaban J connectivity index is 2.13. The molecule has 0 saturated heterocycles. The SMILES string of the molecule is CC(C)C(c1ccccc1)N(C)C(=O)[C@@H]1CC[C@H](C(=O)O)C1. The van der Waals surface area contributed by atoms with Gasteiger partial charge in [-0.15, -0.1) is 0 Å². The third kappa shape index (κ3) is 3.49. The Morgan fingerprint density at radius 1 is 1.14 bits per heavy atom. The van der Waals surface area contributed by atoms with Gasteiger partial charge in [-0.2, -0.15) is 0 Å². The molecule has 1 N–H and O–H groups in total. The Hall–Kier alpha value is -1.84. The number of aliphatic carboxylic acids is 1. The summed E-state index contributed by atoms with van der Waals surface area (Å²) in [5, 5.41) is 9.10. The fourth-order valence-corrected chi connectivity index (χ4v) is 3.56. The lowest BCUT2D eigenvalue weighted by Gasteiger charge is -2.33. The second-order valence-corrected chi connectivity index (χ2v) is 6.59. The quantitative estimate of drug-likeness (QED) is 0.907. The van der Waals surface area contributed by atoms with Crippen molar-refractivity contribution in [3.63, 3.8) is 0 Å². The van der Waals surface area contributed by atoms with Gasteiger partial charge in [0.25, 0.3) is 0 Å². The van der Waals surface area contributed by atoms with Crippen LogP contribution in [0.5, 0.6) is 0 Å². The van der Waals surface area contributed by atoms with Gasteiger partial charge in [0.2, 0.25) is 5.91 Å². The van der Waals surface area contributed by atoms with E-state index in [1.165, 1.54) is 0 Å². The molecule has 1 aromatic rings. The van der Waals surface area contributed by atoms with E-state index in [0.29, 0.717) is 25.2 Å². The van der Waals surface area contributed by atoms with Crippen molar-refractivity contribution in [1.82, 2.24) is 4.90 Å². The van der Waals surface area contributed by atoms with Crippen LogP contribution in [0, 0.1) is 17.8 Å². The minimum Gasteiger partial charge on any atom is -0.481 e. The van der Waals surface area contributed by atoms with E-state index in [1.54, 1.807) is 0 Å². The van der Waals surface area contributed by atoms with Crippen molar-refractivity contribution >= 4 is 11.9 Å². The molecule has 1 fully saturated rings. The first-order chi connectivity index (χ1) is 10.4. The molecule has 0 aromatic heterocycles. The Morgan fingerprint density at radius 2 is 1.73 bits per heavy atom. The molecule has 22 heavy (non-hydrogen) atoms. The van der Waals surface area contributed by atoms with E-state index in [-0.39, 0.29) is 23.8 Å². The molecule has 120 valence electrons. The zero-order valence-corrected chi connectivity index (χ0v) is 13.5. The van der Waals surface area contributed by atoms with E-state index >= 15 is 0 Å². The van der Waals surface area contributed by atoms with E-state index < -0.39 is 5.97 Å². The van der Waals surface area contributed by atoms with Crippen molar-refractivity contribution in [3.05, 3.63) is 35.9 Å². The van der Waals surface area contributed by atoms with Gasteiger partial charge in [0.1, 0.15) is 0 Å². The topological polar surface area (TPSA) is 57.6 Å². The number of hydrogen-bond acceptors (Lipinski definition) is 2. The molecule has 0 heterocycles. The number of rotatable bonds is 5. The number of carbonyl (C=O) groups excluding carboxylic acids is 1. The van der Waals surface area contributed by atoms with Gasteiger partial charge >= 0.3 is 5.97 Å². The summed E-state index contributed by atoms with van der Waals surface area (Å²) in [6, 6.07) is 10.1. The van der Waals surface area contributed by atoms with Gasteiger partial charge in [0, 0.05) is 13.0 Å². The van der Waals surface area contributed by atoms with E-state index in [4.69, 9.17) is 5.11 Å². The minimum absolute atomic E-state index is 0.0255. The first-order valence-electron chi connectivity index (χ1n) is 7.96. The van der Waals surface area contributed by atoms with Crippen LogP contribution in [0.4, 0.5) is 0 Å². The molecule has 0 bridgehead atoms. The van der Waals surface area contributed by atoms with Gasteiger partial charge in [0.15, 0.2) is 0 Å². The van der Waals surface area contributed by atoms with Gasteiger partial charge in [-0.3, -0.25) is 9.59 Å². The van der Waals surface area contributed by atoms with Crippen LogP contribution >= 0.6 is 0 Å². The molecule has 2 rings (SSSR count). The Bertz CT molecular complexity index is 526. The molecule has 0 radical (unpaired) electrons. The van der Waals surface area contributed by atoms with Crippen LogP contribution in [0.2, 0.25) is 0 Å². The average molecular weight is 303 g/mol. The number of carboxylic acids is 1. The standard InChI is InChI=1S/C18H25NO3/c1-12(2)16(13-7-5-4-6-8-13)19(3)17(20)14-9-10-15(11-14)18(21)22/h4-8,12,14-16H,9-11H2,1-3H3,(H,21,22)/t14-,15+,16?/m1/s1. The molecule has 1 amide bonds. The second kappa shape index (κ2) is 6.95. The zero-order chi connectivity index (χ0) is 16.3. The predicted molar refractivity (Wildman–Crippen MR) is 85.3 cm³/mol. The molecule has 1 aliphatic carbocycles. The molecule has 0 spiro atoms. The lowest BCUT2D eigenvalue weighted by Crippen LogP contribution is -2.37. The largest absolute Gasteiger partial charge is 0.481 e. The van der Waals surface area contributed by atoms with Crippen LogP contribution in [-0.2, 0) is 9.59 Å². The predicted octanol–water partition coefficient (Wildman–Crippen LogP) is 3.34.